The topological polar surface area (TPSA) is 138 Å². The molecule has 0 aromatic rings. The molecule has 0 rings (SSSR count). The van der Waals surface area contributed by atoms with Gasteiger partial charge in [0.05, 0.1) is 25.6 Å². The zero-order chi connectivity index (χ0) is 38.9. The van der Waals surface area contributed by atoms with Crippen LogP contribution in [0.15, 0.2) is 60.9 Å². The van der Waals surface area contributed by atoms with Crippen molar-refractivity contribution in [2.24, 2.45) is 5.73 Å². The molecule has 0 aliphatic carbocycles. The van der Waals surface area contributed by atoms with Gasteiger partial charge in [-0.25, -0.2) is 4.57 Å². The standard InChI is InChI=1S/C43H78NO8P/c1-3-5-7-8-9-10-11-12-13-14-15-19-22-25-28-32-37-49-39-42(40-51-53(47,48)50-38-36-44)52-43(46)35-31-27-24-21-18-16-17-20-23-26-30-34-41(45)33-29-6-4-2/h16-17,21,23-24,26,30,32,34,37,41-42,45H,3-15,18-20,22,25,27-29,31,33,35-36,38-40,44H2,1-2H3,(H,47,48)/b17-16-,24-21-,26-23-,34-30+,37-32-/t41-,42+/m0/s1. The summed E-state index contributed by atoms with van der Waals surface area (Å²) in [7, 11) is -4.32. The molecule has 10 heteroatoms. The molecule has 0 aliphatic heterocycles. The van der Waals surface area contributed by atoms with Crippen LogP contribution in [-0.4, -0.2) is 54.5 Å². The quantitative estimate of drug-likeness (QED) is 0.0139. The highest BCUT2D eigenvalue weighted by atomic mass is 31.2. The smallest absolute Gasteiger partial charge is 0.472 e. The van der Waals surface area contributed by atoms with E-state index >= 15 is 0 Å². The molecule has 3 atom stereocenters. The summed E-state index contributed by atoms with van der Waals surface area (Å²) in [5.74, 6) is -0.424. The number of unbranched alkanes of at least 4 members (excludes halogenated alkanes) is 17. The van der Waals surface area contributed by atoms with E-state index in [2.05, 4.69) is 38.2 Å². The van der Waals surface area contributed by atoms with Crippen molar-refractivity contribution in [1.29, 1.82) is 0 Å². The molecule has 0 amide bonds. The van der Waals surface area contributed by atoms with E-state index in [-0.39, 0.29) is 38.9 Å². The van der Waals surface area contributed by atoms with Crippen LogP contribution in [0.2, 0.25) is 0 Å². The third kappa shape index (κ3) is 39.5. The van der Waals surface area contributed by atoms with Crippen LogP contribution in [0.4, 0.5) is 0 Å². The van der Waals surface area contributed by atoms with Crippen LogP contribution in [0.1, 0.15) is 168 Å². The molecule has 1 unspecified atom stereocenters. The molecule has 0 spiro atoms. The summed E-state index contributed by atoms with van der Waals surface area (Å²) in [6, 6.07) is 0. The molecular formula is C43H78NO8P. The number of esters is 1. The van der Waals surface area contributed by atoms with Gasteiger partial charge in [-0.15, -0.1) is 0 Å². The van der Waals surface area contributed by atoms with Gasteiger partial charge < -0.3 is 25.2 Å². The average Bonchev–Trinajstić information content (AvgIpc) is 3.14. The minimum Gasteiger partial charge on any atom is -0.498 e. The number of nitrogens with two attached hydrogens (primary N) is 1. The lowest BCUT2D eigenvalue weighted by atomic mass is 10.0. The second kappa shape index (κ2) is 39.7. The Labute approximate surface area is 324 Å². The molecule has 0 aliphatic rings. The van der Waals surface area contributed by atoms with Gasteiger partial charge >= 0.3 is 13.8 Å². The number of aliphatic hydroxyl groups excluding tert-OH is 1. The summed E-state index contributed by atoms with van der Waals surface area (Å²) < 4.78 is 33.0. The molecule has 4 N–H and O–H groups in total. The van der Waals surface area contributed by atoms with Gasteiger partial charge in [0.25, 0.3) is 0 Å². The normalized spacial score (nSPS) is 14.7. The number of hydrogen-bond acceptors (Lipinski definition) is 8. The van der Waals surface area contributed by atoms with E-state index in [1.165, 1.54) is 83.5 Å². The van der Waals surface area contributed by atoms with Gasteiger partial charge in [-0.1, -0.05) is 165 Å². The molecule has 53 heavy (non-hydrogen) atoms. The minimum absolute atomic E-state index is 0.00339. The van der Waals surface area contributed by atoms with E-state index in [1.807, 2.05) is 30.4 Å². The molecule has 0 aromatic heterocycles. The maximum absolute atomic E-state index is 12.5. The SMILES string of the molecule is CCCCCCCCCCCCCCCC/C=C\OC[C@H](COP(=O)(O)OCCN)OC(=O)CCC/C=C\C/C=C\C/C=C\C=C\[C@@H](O)CCCCC. The van der Waals surface area contributed by atoms with E-state index in [1.54, 1.807) is 6.26 Å². The van der Waals surface area contributed by atoms with Gasteiger partial charge in [0.1, 0.15) is 6.61 Å². The van der Waals surface area contributed by atoms with Crippen molar-refractivity contribution < 1.29 is 37.9 Å². The fourth-order valence-corrected chi connectivity index (χ4v) is 6.24. The number of phosphoric acid groups is 1. The van der Waals surface area contributed by atoms with E-state index in [0.29, 0.717) is 6.42 Å². The molecule has 308 valence electrons. The highest BCUT2D eigenvalue weighted by Crippen LogP contribution is 2.43. The van der Waals surface area contributed by atoms with Crippen molar-refractivity contribution in [2.75, 3.05) is 26.4 Å². The van der Waals surface area contributed by atoms with Crippen molar-refractivity contribution in [3.8, 4) is 0 Å². The van der Waals surface area contributed by atoms with Crippen molar-refractivity contribution in [1.82, 2.24) is 0 Å². The second-order valence-electron chi connectivity index (χ2n) is 13.8. The fraction of sp³-hybridized carbons (Fsp3) is 0.744. The van der Waals surface area contributed by atoms with Crippen LogP contribution in [0.25, 0.3) is 0 Å². The van der Waals surface area contributed by atoms with Crippen molar-refractivity contribution in [3.05, 3.63) is 60.9 Å². The van der Waals surface area contributed by atoms with Crippen LogP contribution in [0, 0.1) is 0 Å². The first-order valence-corrected chi connectivity index (χ1v) is 22.4. The predicted octanol–water partition coefficient (Wildman–Crippen LogP) is 11.5. The molecule has 0 radical (unpaired) electrons. The summed E-state index contributed by atoms with van der Waals surface area (Å²) in [6.07, 6.45) is 45.2. The van der Waals surface area contributed by atoms with Gasteiger partial charge in [-0.3, -0.25) is 13.8 Å². The zero-order valence-electron chi connectivity index (χ0n) is 33.6. The van der Waals surface area contributed by atoms with Crippen LogP contribution in [0.3, 0.4) is 0 Å². The summed E-state index contributed by atoms with van der Waals surface area (Å²) in [5, 5.41) is 9.89. The maximum Gasteiger partial charge on any atom is 0.472 e. The first-order valence-electron chi connectivity index (χ1n) is 20.9. The van der Waals surface area contributed by atoms with Crippen LogP contribution >= 0.6 is 7.82 Å². The highest BCUT2D eigenvalue weighted by Gasteiger charge is 2.25. The second-order valence-corrected chi connectivity index (χ2v) is 15.2. The lowest BCUT2D eigenvalue weighted by molar-refractivity contribution is -0.153. The van der Waals surface area contributed by atoms with Gasteiger partial charge in [0.2, 0.25) is 0 Å². The Morgan fingerprint density at radius 3 is 1.89 bits per heavy atom. The first kappa shape index (κ1) is 51.0. The molecule has 0 heterocycles. The van der Waals surface area contributed by atoms with Crippen LogP contribution in [-0.2, 0) is 27.9 Å². The maximum atomic E-state index is 12.5. The molecule has 0 aromatic carbocycles. The lowest BCUT2D eigenvalue weighted by Crippen LogP contribution is -2.27. The van der Waals surface area contributed by atoms with Gasteiger partial charge in [0, 0.05) is 13.0 Å². The number of carbonyl (C=O) groups excluding carboxylic acids is 1. The minimum atomic E-state index is -4.32. The largest absolute Gasteiger partial charge is 0.498 e. The molecule has 0 saturated heterocycles. The summed E-state index contributed by atoms with van der Waals surface area (Å²) in [4.78, 5) is 22.4. The van der Waals surface area contributed by atoms with Gasteiger partial charge in [-0.2, -0.15) is 0 Å². The Kier molecular flexibility index (Phi) is 38.2. The first-order chi connectivity index (χ1) is 25.8. The molecule has 9 nitrogen and oxygen atoms in total. The molecular weight excluding hydrogens is 689 g/mol. The Morgan fingerprint density at radius 1 is 0.679 bits per heavy atom. The number of carbonyl (C=O) groups is 1. The number of phosphoric ester groups is 1. The predicted molar refractivity (Wildman–Crippen MR) is 220 cm³/mol. The Balaban J connectivity index is 4.26. The van der Waals surface area contributed by atoms with E-state index in [4.69, 9.17) is 24.3 Å². The lowest BCUT2D eigenvalue weighted by Gasteiger charge is -2.19. The van der Waals surface area contributed by atoms with E-state index < -0.39 is 19.9 Å². The Hall–Kier alpha value is -2.00. The average molecular weight is 768 g/mol. The van der Waals surface area contributed by atoms with Crippen molar-refractivity contribution in [3.63, 3.8) is 0 Å². The number of rotatable bonds is 39. The van der Waals surface area contributed by atoms with Crippen LogP contribution in [0.5, 0.6) is 0 Å². The third-order valence-electron chi connectivity index (χ3n) is 8.61. The number of allylic oxidation sites excluding steroid dienone is 8. The van der Waals surface area contributed by atoms with Crippen molar-refractivity contribution >= 4 is 13.8 Å². The van der Waals surface area contributed by atoms with Crippen molar-refractivity contribution in [2.45, 2.75) is 180 Å². The molecule has 0 fully saturated rings. The Bertz CT molecular complexity index is 1010. The van der Waals surface area contributed by atoms with E-state index in [9.17, 15) is 19.4 Å². The zero-order valence-corrected chi connectivity index (χ0v) is 34.5. The third-order valence-corrected chi connectivity index (χ3v) is 9.59. The monoisotopic (exact) mass is 768 g/mol. The number of hydrogen-bond donors (Lipinski definition) is 3. The van der Waals surface area contributed by atoms with E-state index in [0.717, 1.165) is 57.8 Å². The molecule has 0 saturated carbocycles. The highest BCUT2D eigenvalue weighted by molar-refractivity contribution is 7.47. The Morgan fingerprint density at radius 2 is 1.25 bits per heavy atom. The van der Waals surface area contributed by atoms with Crippen LogP contribution < -0.4 is 5.73 Å². The van der Waals surface area contributed by atoms with Gasteiger partial charge in [-0.05, 0) is 51.0 Å². The summed E-state index contributed by atoms with van der Waals surface area (Å²) in [6.45, 7) is 4.03. The fourth-order valence-electron chi connectivity index (χ4n) is 5.48. The number of aliphatic hydroxyl groups is 1. The van der Waals surface area contributed by atoms with Gasteiger partial charge in [0.15, 0.2) is 6.10 Å². The summed E-state index contributed by atoms with van der Waals surface area (Å²) >= 11 is 0. The molecule has 0 bridgehead atoms. The summed E-state index contributed by atoms with van der Waals surface area (Å²) in [5.41, 5.74) is 5.35. The number of ether oxygens (including phenoxy) is 2.